The van der Waals surface area contributed by atoms with E-state index in [4.69, 9.17) is 39.6 Å². The van der Waals surface area contributed by atoms with E-state index in [1.54, 1.807) is 6.08 Å². The van der Waals surface area contributed by atoms with E-state index in [-0.39, 0.29) is 10.6 Å². The zero-order valence-corrected chi connectivity index (χ0v) is 13.2. The van der Waals surface area contributed by atoms with Crippen LogP contribution >= 0.6 is 23.8 Å². The zero-order chi connectivity index (χ0) is 15.9. The maximum Gasteiger partial charge on any atom is 0.120 e. The number of halogens is 1. The minimum Gasteiger partial charge on any atom is -0.489 e. The zero-order valence-electron chi connectivity index (χ0n) is 11.6. The lowest BCUT2D eigenvalue weighted by Gasteiger charge is -2.08. The molecule has 2 rings (SSSR count). The normalized spacial score (nSPS) is 10.8. The standard InChI is InChI=1S/C17H13ClN2OS/c18-16-7-2-1-5-13(16)11-21-15-6-3-4-12(9-15)8-14(10-19)17(20)22/h1-9H,11H2,(H2,20,22). The monoisotopic (exact) mass is 328 g/mol. The summed E-state index contributed by atoms with van der Waals surface area (Å²) in [5, 5.41) is 9.64. The summed E-state index contributed by atoms with van der Waals surface area (Å²) < 4.78 is 5.73. The third-order valence-electron chi connectivity index (χ3n) is 2.91. The topological polar surface area (TPSA) is 59.0 Å². The average Bonchev–Trinajstić information content (AvgIpc) is 2.52. The Morgan fingerprint density at radius 1 is 1.27 bits per heavy atom. The van der Waals surface area contributed by atoms with Gasteiger partial charge < -0.3 is 10.5 Å². The van der Waals surface area contributed by atoms with Gasteiger partial charge in [0.1, 0.15) is 23.4 Å². The lowest BCUT2D eigenvalue weighted by Crippen LogP contribution is -2.09. The maximum absolute atomic E-state index is 8.98. The number of hydrogen-bond donors (Lipinski definition) is 1. The molecule has 0 unspecified atom stereocenters. The molecular formula is C17H13ClN2OS. The number of rotatable bonds is 5. The molecule has 110 valence electrons. The lowest BCUT2D eigenvalue weighted by atomic mass is 10.1. The number of hydrogen-bond acceptors (Lipinski definition) is 3. The van der Waals surface area contributed by atoms with Crippen LogP contribution in [0.3, 0.4) is 0 Å². The highest BCUT2D eigenvalue weighted by Gasteiger charge is 2.03. The van der Waals surface area contributed by atoms with Crippen LogP contribution < -0.4 is 10.5 Å². The van der Waals surface area contributed by atoms with Gasteiger partial charge in [-0.2, -0.15) is 5.26 Å². The molecule has 5 heteroatoms. The van der Waals surface area contributed by atoms with Crippen molar-refractivity contribution in [3.63, 3.8) is 0 Å². The molecule has 0 aliphatic heterocycles. The number of nitrogens with zero attached hydrogens (tertiary/aromatic N) is 1. The average molecular weight is 329 g/mol. The van der Waals surface area contributed by atoms with Crippen LogP contribution in [-0.2, 0) is 6.61 Å². The molecule has 22 heavy (non-hydrogen) atoms. The fourth-order valence-electron chi connectivity index (χ4n) is 1.80. The number of thiocarbonyl (C=S) groups is 1. The molecule has 0 atom stereocenters. The summed E-state index contributed by atoms with van der Waals surface area (Å²) in [4.78, 5) is 0.0740. The van der Waals surface area contributed by atoms with Crippen molar-refractivity contribution in [2.75, 3.05) is 0 Å². The molecule has 0 bridgehead atoms. The Morgan fingerprint density at radius 3 is 2.73 bits per heavy atom. The van der Waals surface area contributed by atoms with Gasteiger partial charge in [-0.1, -0.05) is 54.2 Å². The Balaban J connectivity index is 2.14. The van der Waals surface area contributed by atoms with Gasteiger partial charge in [-0.25, -0.2) is 0 Å². The minimum atomic E-state index is 0.0740. The molecule has 0 fully saturated rings. The van der Waals surface area contributed by atoms with Crippen LogP contribution in [0, 0.1) is 11.3 Å². The van der Waals surface area contributed by atoms with Gasteiger partial charge in [-0.05, 0) is 29.8 Å². The van der Waals surface area contributed by atoms with Gasteiger partial charge in [-0.15, -0.1) is 0 Å². The quantitative estimate of drug-likeness (QED) is 0.509. The molecule has 0 amide bonds. The molecule has 0 aromatic heterocycles. The lowest BCUT2D eigenvalue weighted by molar-refractivity contribution is 0.306. The minimum absolute atomic E-state index is 0.0740. The summed E-state index contributed by atoms with van der Waals surface area (Å²) in [7, 11) is 0. The molecule has 2 N–H and O–H groups in total. The highest BCUT2D eigenvalue weighted by atomic mass is 35.5. The van der Waals surface area contributed by atoms with E-state index in [9.17, 15) is 0 Å². The first kappa shape index (κ1) is 16.0. The van der Waals surface area contributed by atoms with Crippen molar-refractivity contribution in [1.82, 2.24) is 0 Å². The number of benzene rings is 2. The molecule has 0 saturated carbocycles. The van der Waals surface area contributed by atoms with Crippen LogP contribution in [0.25, 0.3) is 6.08 Å². The smallest absolute Gasteiger partial charge is 0.120 e. The third kappa shape index (κ3) is 4.32. The van der Waals surface area contributed by atoms with Crippen molar-refractivity contribution >= 4 is 34.9 Å². The molecule has 3 nitrogen and oxygen atoms in total. The van der Waals surface area contributed by atoms with E-state index in [2.05, 4.69) is 0 Å². The summed E-state index contributed by atoms with van der Waals surface area (Å²) in [6.07, 6.45) is 1.63. The fourth-order valence-corrected chi connectivity index (χ4v) is 2.09. The summed E-state index contributed by atoms with van der Waals surface area (Å²) in [5.74, 6) is 0.675. The van der Waals surface area contributed by atoms with Crippen LogP contribution in [0.1, 0.15) is 11.1 Å². The summed E-state index contributed by atoms with van der Waals surface area (Å²) in [6, 6.07) is 16.8. The van der Waals surface area contributed by atoms with E-state index in [0.717, 1.165) is 11.1 Å². The molecule has 0 aliphatic rings. The van der Waals surface area contributed by atoms with Crippen LogP contribution in [0.5, 0.6) is 5.75 Å². The number of nitrogens with two attached hydrogens (primary N) is 1. The molecule has 0 aliphatic carbocycles. The van der Waals surface area contributed by atoms with E-state index < -0.39 is 0 Å². The van der Waals surface area contributed by atoms with Crippen LogP contribution in [0.2, 0.25) is 5.02 Å². The van der Waals surface area contributed by atoms with E-state index >= 15 is 0 Å². The summed E-state index contributed by atoms with van der Waals surface area (Å²) >= 11 is 10.9. The predicted molar refractivity (Wildman–Crippen MR) is 92.6 cm³/mol. The van der Waals surface area contributed by atoms with Crippen LogP contribution in [0.4, 0.5) is 0 Å². The second-order valence-electron chi connectivity index (χ2n) is 4.49. The van der Waals surface area contributed by atoms with Crippen molar-refractivity contribution in [1.29, 1.82) is 5.26 Å². The third-order valence-corrected chi connectivity index (χ3v) is 3.50. The summed E-state index contributed by atoms with van der Waals surface area (Å²) in [6.45, 7) is 0.368. The highest BCUT2D eigenvalue weighted by molar-refractivity contribution is 7.80. The Bertz CT molecular complexity index is 765. The first-order chi connectivity index (χ1) is 10.6. The molecule has 0 saturated heterocycles. The van der Waals surface area contributed by atoms with Gasteiger partial charge in [0, 0.05) is 10.6 Å². The van der Waals surface area contributed by atoms with Crippen LogP contribution in [-0.4, -0.2) is 4.99 Å². The second-order valence-corrected chi connectivity index (χ2v) is 5.33. The van der Waals surface area contributed by atoms with Gasteiger partial charge in [-0.3, -0.25) is 0 Å². The van der Waals surface area contributed by atoms with E-state index in [0.29, 0.717) is 17.4 Å². The predicted octanol–water partition coefficient (Wildman–Crippen LogP) is 4.11. The Hall–Kier alpha value is -2.35. The van der Waals surface area contributed by atoms with Crippen LogP contribution in [0.15, 0.2) is 54.1 Å². The number of ether oxygens (including phenoxy) is 1. The second kappa shape index (κ2) is 7.60. The molecule has 0 radical (unpaired) electrons. The first-order valence-corrected chi connectivity index (χ1v) is 7.26. The van der Waals surface area contributed by atoms with Crippen molar-refractivity contribution in [2.24, 2.45) is 5.73 Å². The van der Waals surface area contributed by atoms with Gasteiger partial charge in [0.2, 0.25) is 0 Å². The maximum atomic E-state index is 8.98. The molecule has 0 spiro atoms. The molecule has 0 heterocycles. The Kier molecular flexibility index (Phi) is 5.54. The fraction of sp³-hybridized carbons (Fsp3) is 0.0588. The summed E-state index contributed by atoms with van der Waals surface area (Å²) in [5.41, 5.74) is 7.44. The Morgan fingerprint density at radius 2 is 2.05 bits per heavy atom. The van der Waals surface area contributed by atoms with Gasteiger partial charge in [0.05, 0.1) is 5.57 Å². The molecule has 2 aromatic carbocycles. The highest BCUT2D eigenvalue weighted by Crippen LogP contribution is 2.20. The number of nitriles is 1. The van der Waals surface area contributed by atoms with Crippen molar-refractivity contribution < 1.29 is 4.74 Å². The van der Waals surface area contributed by atoms with Gasteiger partial charge in [0.25, 0.3) is 0 Å². The first-order valence-electron chi connectivity index (χ1n) is 6.48. The van der Waals surface area contributed by atoms with Crippen molar-refractivity contribution in [3.8, 4) is 11.8 Å². The van der Waals surface area contributed by atoms with E-state index in [1.807, 2.05) is 54.6 Å². The van der Waals surface area contributed by atoms with Gasteiger partial charge >= 0.3 is 0 Å². The van der Waals surface area contributed by atoms with Crippen molar-refractivity contribution in [3.05, 3.63) is 70.3 Å². The van der Waals surface area contributed by atoms with Crippen molar-refractivity contribution in [2.45, 2.75) is 6.61 Å². The SMILES string of the molecule is N#CC(=Cc1cccc(OCc2ccccc2Cl)c1)C(N)=S. The Labute approximate surface area is 139 Å². The van der Waals surface area contributed by atoms with Gasteiger partial charge in [0.15, 0.2) is 0 Å². The largest absolute Gasteiger partial charge is 0.489 e. The molecule has 2 aromatic rings. The molecular weight excluding hydrogens is 316 g/mol. The van der Waals surface area contributed by atoms with E-state index in [1.165, 1.54) is 0 Å².